The molecule has 1 aromatic carbocycles. The highest BCUT2D eigenvalue weighted by molar-refractivity contribution is 6.30. The van der Waals surface area contributed by atoms with Gasteiger partial charge in [0.25, 0.3) is 0 Å². The monoisotopic (exact) mass is 291 g/mol. The predicted molar refractivity (Wildman–Crippen MR) is 77.1 cm³/mol. The molecule has 0 spiro atoms. The van der Waals surface area contributed by atoms with E-state index in [0.717, 1.165) is 5.56 Å². The molecular formula is C14H14ClN3O2. The molecule has 1 N–H and O–H groups in total. The van der Waals surface area contributed by atoms with Gasteiger partial charge in [0.1, 0.15) is 0 Å². The summed E-state index contributed by atoms with van der Waals surface area (Å²) in [7, 11) is 0. The van der Waals surface area contributed by atoms with Crippen molar-refractivity contribution in [3.8, 4) is 11.4 Å². The van der Waals surface area contributed by atoms with Gasteiger partial charge in [-0.25, -0.2) is 9.78 Å². The summed E-state index contributed by atoms with van der Waals surface area (Å²) in [4.78, 5) is 15.6. The van der Waals surface area contributed by atoms with Crippen molar-refractivity contribution >= 4 is 23.6 Å². The highest BCUT2D eigenvalue weighted by atomic mass is 35.5. The fourth-order valence-electron chi connectivity index (χ4n) is 1.53. The normalized spacial score (nSPS) is 11.2. The number of aromatic amines is 1. The van der Waals surface area contributed by atoms with E-state index >= 15 is 0 Å². The SMILES string of the molecule is CC(C)OC(=O)C=Cc1n[nH]c(-c2cccc(Cl)c2)n1. The van der Waals surface area contributed by atoms with E-state index < -0.39 is 5.97 Å². The van der Waals surface area contributed by atoms with E-state index in [1.807, 2.05) is 12.1 Å². The number of H-pyrrole nitrogens is 1. The lowest BCUT2D eigenvalue weighted by atomic mass is 10.2. The van der Waals surface area contributed by atoms with E-state index in [0.29, 0.717) is 16.7 Å². The molecule has 0 atom stereocenters. The molecule has 0 aliphatic heterocycles. The molecule has 0 saturated carbocycles. The van der Waals surface area contributed by atoms with Crippen molar-refractivity contribution in [2.75, 3.05) is 0 Å². The molecular weight excluding hydrogens is 278 g/mol. The van der Waals surface area contributed by atoms with Gasteiger partial charge in [-0.1, -0.05) is 23.7 Å². The van der Waals surface area contributed by atoms with Crippen LogP contribution in [0.2, 0.25) is 5.02 Å². The minimum atomic E-state index is -0.422. The van der Waals surface area contributed by atoms with Crippen LogP contribution >= 0.6 is 11.6 Å². The molecule has 2 aromatic rings. The Balaban J connectivity index is 2.10. The number of ether oxygens (including phenoxy) is 1. The van der Waals surface area contributed by atoms with Crippen molar-refractivity contribution in [3.63, 3.8) is 0 Å². The van der Waals surface area contributed by atoms with Crippen LogP contribution in [0, 0.1) is 0 Å². The minimum absolute atomic E-state index is 0.152. The molecule has 0 radical (unpaired) electrons. The Bertz CT molecular complexity index is 635. The zero-order valence-electron chi connectivity index (χ0n) is 11.1. The summed E-state index contributed by atoms with van der Waals surface area (Å²) in [5.74, 6) is 0.569. The highest BCUT2D eigenvalue weighted by Crippen LogP contribution is 2.19. The topological polar surface area (TPSA) is 67.9 Å². The largest absolute Gasteiger partial charge is 0.460 e. The van der Waals surface area contributed by atoms with Gasteiger partial charge in [0.15, 0.2) is 11.6 Å². The number of benzene rings is 1. The molecule has 5 nitrogen and oxygen atoms in total. The number of aromatic nitrogens is 3. The molecule has 0 saturated heterocycles. The second kappa shape index (κ2) is 6.34. The van der Waals surface area contributed by atoms with Crippen LogP contribution in [0.1, 0.15) is 19.7 Å². The van der Waals surface area contributed by atoms with Crippen LogP contribution in [0.25, 0.3) is 17.5 Å². The van der Waals surface area contributed by atoms with Crippen LogP contribution in [-0.2, 0) is 9.53 Å². The van der Waals surface area contributed by atoms with E-state index in [9.17, 15) is 4.79 Å². The van der Waals surface area contributed by atoms with E-state index in [1.54, 1.807) is 26.0 Å². The standard InChI is InChI=1S/C14H14ClN3O2/c1-9(2)20-13(19)7-6-12-16-14(18-17-12)10-4-3-5-11(15)8-10/h3-9H,1-2H3,(H,16,17,18). The Morgan fingerprint density at radius 1 is 1.45 bits per heavy atom. The minimum Gasteiger partial charge on any atom is -0.460 e. The Morgan fingerprint density at radius 2 is 2.25 bits per heavy atom. The Kier molecular flexibility index (Phi) is 4.53. The third-order valence-electron chi connectivity index (χ3n) is 2.32. The smallest absolute Gasteiger partial charge is 0.331 e. The molecule has 0 aliphatic rings. The van der Waals surface area contributed by atoms with Gasteiger partial charge in [0.05, 0.1) is 6.10 Å². The van der Waals surface area contributed by atoms with Crippen molar-refractivity contribution in [3.05, 3.63) is 41.2 Å². The molecule has 0 bridgehead atoms. The Morgan fingerprint density at radius 3 is 2.95 bits per heavy atom. The van der Waals surface area contributed by atoms with Gasteiger partial charge < -0.3 is 4.74 Å². The zero-order chi connectivity index (χ0) is 14.5. The van der Waals surface area contributed by atoms with Crippen LogP contribution in [0.5, 0.6) is 0 Å². The van der Waals surface area contributed by atoms with Crippen molar-refractivity contribution in [2.45, 2.75) is 20.0 Å². The van der Waals surface area contributed by atoms with Gasteiger partial charge in [-0.05, 0) is 32.1 Å². The fraction of sp³-hybridized carbons (Fsp3) is 0.214. The Hall–Kier alpha value is -2.14. The summed E-state index contributed by atoms with van der Waals surface area (Å²) < 4.78 is 4.97. The molecule has 2 rings (SSSR count). The van der Waals surface area contributed by atoms with Crippen molar-refractivity contribution in [1.29, 1.82) is 0 Å². The summed E-state index contributed by atoms with van der Waals surface area (Å²) >= 11 is 5.92. The fourth-order valence-corrected chi connectivity index (χ4v) is 1.72. The number of hydrogen-bond donors (Lipinski definition) is 1. The number of carbonyl (C=O) groups excluding carboxylic acids is 1. The number of hydrogen-bond acceptors (Lipinski definition) is 4. The van der Waals surface area contributed by atoms with Gasteiger partial charge >= 0.3 is 5.97 Å². The molecule has 0 amide bonds. The number of halogens is 1. The first kappa shape index (κ1) is 14.3. The summed E-state index contributed by atoms with van der Waals surface area (Å²) in [5.41, 5.74) is 0.828. The van der Waals surface area contributed by atoms with E-state index in [4.69, 9.17) is 16.3 Å². The molecule has 6 heteroatoms. The number of nitrogens with zero attached hydrogens (tertiary/aromatic N) is 2. The summed E-state index contributed by atoms with van der Waals surface area (Å²) in [6.45, 7) is 3.57. The lowest BCUT2D eigenvalue weighted by Crippen LogP contribution is -2.08. The van der Waals surface area contributed by atoms with Gasteiger partial charge in [-0.15, -0.1) is 0 Å². The molecule has 1 aromatic heterocycles. The first-order chi connectivity index (χ1) is 9.54. The van der Waals surface area contributed by atoms with Crippen molar-refractivity contribution in [1.82, 2.24) is 15.2 Å². The maximum atomic E-state index is 11.4. The van der Waals surface area contributed by atoms with Gasteiger partial charge in [0.2, 0.25) is 0 Å². The summed E-state index contributed by atoms with van der Waals surface area (Å²) in [6.07, 6.45) is 2.64. The molecule has 0 aliphatic carbocycles. The van der Waals surface area contributed by atoms with Crippen molar-refractivity contribution < 1.29 is 9.53 Å². The summed E-state index contributed by atoms with van der Waals surface area (Å²) in [6, 6.07) is 7.26. The molecule has 0 fully saturated rings. The van der Waals surface area contributed by atoms with E-state index in [2.05, 4.69) is 15.2 Å². The van der Waals surface area contributed by atoms with Crippen LogP contribution < -0.4 is 0 Å². The van der Waals surface area contributed by atoms with Crippen LogP contribution in [-0.4, -0.2) is 27.3 Å². The van der Waals surface area contributed by atoms with Crippen LogP contribution in [0.4, 0.5) is 0 Å². The van der Waals surface area contributed by atoms with Crippen LogP contribution in [0.3, 0.4) is 0 Å². The van der Waals surface area contributed by atoms with Crippen LogP contribution in [0.15, 0.2) is 30.3 Å². The molecule has 0 unspecified atom stereocenters. The average Bonchev–Trinajstić information content (AvgIpc) is 2.84. The van der Waals surface area contributed by atoms with Gasteiger partial charge in [-0.3, -0.25) is 5.10 Å². The highest BCUT2D eigenvalue weighted by Gasteiger charge is 2.05. The van der Waals surface area contributed by atoms with Gasteiger partial charge in [-0.2, -0.15) is 5.10 Å². The van der Waals surface area contributed by atoms with Gasteiger partial charge in [0, 0.05) is 16.7 Å². The first-order valence-electron chi connectivity index (χ1n) is 6.11. The van der Waals surface area contributed by atoms with E-state index in [-0.39, 0.29) is 6.10 Å². The number of nitrogens with one attached hydrogen (secondary N) is 1. The number of carbonyl (C=O) groups is 1. The number of rotatable bonds is 4. The lowest BCUT2D eigenvalue weighted by molar-refractivity contribution is -0.141. The number of esters is 1. The maximum absolute atomic E-state index is 11.4. The molecule has 20 heavy (non-hydrogen) atoms. The molecule has 104 valence electrons. The quantitative estimate of drug-likeness (QED) is 0.694. The first-order valence-corrected chi connectivity index (χ1v) is 6.49. The second-order valence-electron chi connectivity index (χ2n) is 4.37. The molecule has 1 heterocycles. The zero-order valence-corrected chi connectivity index (χ0v) is 11.9. The Labute approximate surface area is 121 Å². The average molecular weight is 292 g/mol. The lowest BCUT2D eigenvalue weighted by Gasteiger charge is -2.03. The third kappa shape index (κ3) is 3.93. The second-order valence-corrected chi connectivity index (χ2v) is 4.81. The summed E-state index contributed by atoms with van der Waals surface area (Å²) in [5, 5.41) is 7.41. The third-order valence-corrected chi connectivity index (χ3v) is 2.56. The van der Waals surface area contributed by atoms with Crippen molar-refractivity contribution in [2.24, 2.45) is 0 Å². The predicted octanol–water partition coefficient (Wildman–Crippen LogP) is 3.09. The van der Waals surface area contributed by atoms with E-state index in [1.165, 1.54) is 12.2 Å². The maximum Gasteiger partial charge on any atom is 0.331 e.